The van der Waals surface area contributed by atoms with Crippen molar-refractivity contribution >= 4 is 5.97 Å². The molecule has 0 bridgehead atoms. The normalized spacial score (nSPS) is 18.2. The number of esters is 1. The fraction of sp³-hybridized carbons (Fsp3) is 0.923. The minimum atomic E-state index is -0.00784. The molecule has 1 aliphatic rings. The molecule has 1 heterocycles. The smallest absolute Gasteiger partial charge is 0.309 e. The summed E-state index contributed by atoms with van der Waals surface area (Å²) in [6.07, 6.45) is 4.19. The number of carbonyl (C=O) groups is 1. The van der Waals surface area contributed by atoms with Crippen LogP contribution >= 0.6 is 0 Å². The monoisotopic (exact) mass is 243 g/mol. The number of hydrogen-bond donors (Lipinski definition) is 0. The molecule has 0 amide bonds. The Kier molecular flexibility index (Phi) is 7.21. The molecule has 0 spiro atoms. The third-order valence-corrected chi connectivity index (χ3v) is 3.28. The van der Waals surface area contributed by atoms with Crippen molar-refractivity contribution in [1.82, 2.24) is 4.90 Å². The van der Waals surface area contributed by atoms with Crippen LogP contribution in [0.1, 0.15) is 32.6 Å². The number of ether oxygens (including phenoxy) is 2. The van der Waals surface area contributed by atoms with Crippen molar-refractivity contribution in [3.63, 3.8) is 0 Å². The Labute approximate surface area is 104 Å². The van der Waals surface area contributed by atoms with Gasteiger partial charge in [-0.2, -0.15) is 0 Å². The van der Waals surface area contributed by atoms with Gasteiger partial charge in [0.1, 0.15) is 0 Å². The third kappa shape index (κ3) is 5.50. The number of rotatable bonds is 7. The van der Waals surface area contributed by atoms with E-state index in [2.05, 4.69) is 4.90 Å². The first-order valence-corrected chi connectivity index (χ1v) is 6.65. The van der Waals surface area contributed by atoms with E-state index in [0.717, 1.165) is 45.5 Å². The van der Waals surface area contributed by atoms with Gasteiger partial charge in [0.15, 0.2) is 0 Å². The van der Waals surface area contributed by atoms with Gasteiger partial charge in [-0.1, -0.05) is 0 Å². The highest BCUT2D eigenvalue weighted by Crippen LogP contribution is 2.18. The van der Waals surface area contributed by atoms with Crippen LogP contribution in [0.3, 0.4) is 0 Å². The van der Waals surface area contributed by atoms with Crippen LogP contribution in [-0.2, 0) is 14.3 Å². The minimum Gasteiger partial charge on any atom is -0.466 e. The van der Waals surface area contributed by atoms with E-state index in [1.807, 2.05) is 6.92 Å². The summed E-state index contributed by atoms with van der Waals surface area (Å²) in [5.74, 6) is 0.122. The lowest BCUT2D eigenvalue weighted by Crippen LogP contribution is -2.37. The van der Waals surface area contributed by atoms with Gasteiger partial charge < -0.3 is 14.4 Å². The van der Waals surface area contributed by atoms with Crippen LogP contribution in [0.15, 0.2) is 0 Å². The molecule has 0 N–H and O–H groups in total. The van der Waals surface area contributed by atoms with Gasteiger partial charge in [0.2, 0.25) is 0 Å². The molecule has 0 saturated carbocycles. The summed E-state index contributed by atoms with van der Waals surface area (Å²) in [5, 5.41) is 0. The molecule has 0 unspecified atom stereocenters. The van der Waals surface area contributed by atoms with E-state index in [1.165, 1.54) is 6.42 Å². The summed E-state index contributed by atoms with van der Waals surface area (Å²) in [6, 6.07) is 0. The number of likely N-dealkylation sites (tertiary alicyclic amines) is 1. The SMILES string of the molecule is CCOC(=O)C1CCN(CCCCOC)CC1. The number of methoxy groups -OCH3 is 1. The van der Waals surface area contributed by atoms with Crippen LogP contribution in [0.4, 0.5) is 0 Å². The largest absolute Gasteiger partial charge is 0.466 e. The van der Waals surface area contributed by atoms with Crippen molar-refractivity contribution in [2.75, 3.05) is 40.0 Å². The van der Waals surface area contributed by atoms with E-state index in [1.54, 1.807) is 7.11 Å². The molecule has 0 radical (unpaired) electrons. The Morgan fingerprint density at radius 2 is 2.00 bits per heavy atom. The molecule has 4 heteroatoms. The van der Waals surface area contributed by atoms with Gasteiger partial charge in [-0.05, 0) is 52.2 Å². The first-order valence-electron chi connectivity index (χ1n) is 6.65. The lowest BCUT2D eigenvalue weighted by molar-refractivity contribution is -0.149. The Bertz CT molecular complexity index is 213. The van der Waals surface area contributed by atoms with E-state index < -0.39 is 0 Å². The summed E-state index contributed by atoms with van der Waals surface area (Å²) >= 11 is 0. The molecule has 0 aromatic carbocycles. The molecule has 0 atom stereocenters. The Morgan fingerprint density at radius 3 is 2.59 bits per heavy atom. The number of hydrogen-bond acceptors (Lipinski definition) is 4. The molecule has 1 aliphatic heterocycles. The molecule has 0 aliphatic carbocycles. The number of nitrogens with zero attached hydrogens (tertiary/aromatic N) is 1. The Hall–Kier alpha value is -0.610. The molecular weight excluding hydrogens is 218 g/mol. The third-order valence-electron chi connectivity index (χ3n) is 3.28. The maximum Gasteiger partial charge on any atom is 0.309 e. The lowest BCUT2D eigenvalue weighted by atomic mass is 9.97. The van der Waals surface area contributed by atoms with Crippen LogP contribution in [-0.4, -0.2) is 50.8 Å². The Balaban J connectivity index is 2.11. The van der Waals surface area contributed by atoms with Crippen LogP contribution in [0, 0.1) is 5.92 Å². The predicted octanol–water partition coefficient (Wildman–Crippen LogP) is 1.69. The van der Waals surface area contributed by atoms with Crippen molar-refractivity contribution < 1.29 is 14.3 Å². The summed E-state index contributed by atoms with van der Waals surface area (Å²) in [5.41, 5.74) is 0. The van der Waals surface area contributed by atoms with Crippen molar-refractivity contribution in [2.45, 2.75) is 32.6 Å². The van der Waals surface area contributed by atoms with Crippen molar-refractivity contribution in [2.24, 2.45) is 5.92 Å². The number of piperidine rings is 1. The van der Waals surface area contributed by atoms with Gasteiger partial charge in [-0.3, -0.25) is 4.79 Å². The van der Waals surface area contributed by atoms with Gasteiger partial charge in [-0.25, -0.2) is 0 Å². The first kappa shape index (κ1) is 14.5. The van der Waals surface area contributed by atoms with E-state index in [-0.39, 0.29) is 11.9 Å². The van der Waals surface area contributed by atoms with E-state index >= 15 is 0 Å². The summed E-state index contributed by atoms with van der Waals surface area (Å²) in [6.45, 7) is 6.38. The van der Waals surface area contributed by atoms with E-state index in [4.69, 9.17) is 9.47 Å². The maximum absolute atomic E-state index is 11.5. The number of carbonyl (C=O) groups excluding carboxylic acids is 1. The first-order chi connectivity index (χ1) is 8.27. The van der Waals surface area contributed by atoms with Gasteiger partial charge in [0, 0.05) is 13.7 Å². The molecule has 0 aromatic heterocycles. The average molecular weight is 243 g/mol. The van der Waals surface area contributed by atoms with Gasteiger partial charge in [0.05, 0.1) is 12.5 Å². The maximum atomic E-state index is 11.5. The van der Waals surface area contributed by atoms with Crippen molar-refractivity contribution in [3.05, 3.63) is 0 Å². The topological polar surface area (TPSA) is 38.8 Å². The zero-order chi connectivity index (χ0) is 12.5. The highest BCUT2D eigenvalue weighted by atomic mass is 16.5. The van der Waals surface area contributed by atoms with Crippen molar-refractivity contribution in [3.8, 4) is 0 Å². The quantitative estimate of drug-likeness (QED) is 0.504. The summed E-state index contributed by atoms with van der Waals surface area (Å²) < 4.78 is 10.1. The van der Waals surface area contributed by atoms with Crippen LogP contribution < -0.4 is 0 Å². The average Bonchev–Trinajstić information content (AvgIpc) is 2.36. The highest BCUT2D eigenvalue weighted by molar-refractivity contribution is 5.72. The molecule has 17 heavy (non-hydrogen) atoms. The van der Waals surface area contributed by atoms with E-state index in [9.17, 15) is 4.79 Å². The Morgan fingerprint density at radius 1 is 1.29 bits per heavy atom. The van der Waals surface area contributed by atoms with Crippen LogP contribution in [0.5, 0.6) is 0 Å². The second-order valence-corrected chi connectivity index (χ2v) is 4.57. The zero-order valence-electron chi connectivity index (χ0n) is 11.1. The summed E-state index contributed by atoms with van der Waals surface area (Å²) in [7, 11) is 1.74. The molecule has 1 fully saturated rings. The van der Waals surface area contributed by atoms with Gasteiger partial charge in [-0.15, -0.1) is 0 Å². The fourth-order valence-electron chi connectivity index (χ4n) is 2.23. The molecule has 100 valence electrons. The zero-order valence-corrected chi connectivity index (χ0v) is 11.1. The fourth-order valence-corrected chi connectivity index (χ4v) is 2.23. The molecule has 4 nitrogen and oxygen atoms in total. The second kappa shape index (κ2) is 8.48. The standard InChI is InChI=1S/C13H25NO3/c1-3-17-13(15)12-6-9-14(10-7-12)8-4-5-11-16-2/h12H,3-11H2,1-2H3. The van der Waals surface area contributed by atoms with Crippen LogP contribution in [0.25, 0.3) is 0 Å². The summed E-state index contributed by atoms with van der Waals surface area (Å²) in [4.78, 5) is 14.0. The predicted molar refractivity (Wildman–Crippen MR) is 66.9 cm³/mol. The highest BCUT2D eigenvalue weighted by Gasteiger charge is 2.25. The van der Waals surface area contributed by atoms with Gasteiger partial charge >= 0.3 is 5.97 Å². The number of unbranched alkanes of at least 4 members (excludes halogenated alkanes) is 1. The minimum absolute atomic E-state index is 0.00784. The molecule has 1 rings (SSSR count). The molecular formula is C13H25NO3. The molecule has 0 aromatic rings. The van der Waals surface area contributed by atoms with E-state index in [0.29, 0.717) is 6.61 Å². The lowest BCUT2D eigenvalue weighted by Gasteiger charge is -2.30. The van der Waals surface area contributed by atoms with Crippen molar-refractivity contribution in [1.29, 1.82) is 0 Å². The van der Waals surface area contributed by atoms with Crippen LogP contribution in [0.2, 0.25) is 0 Å². The van der Waals surface area contributed by atoms with Gasteiger partial charge in [0.25, 0.3) is 0 Å². The molecule has 1 saturated heterocycles. The second-order valence-electron chi connectivity index (χ2n) is 4.57.